The van der Waals surface area contributed by atoms with Gasteiger partial charge in [-0.25, -0.2) is 0 Å². The van der Waals surface area contributed by atoms with Crippen LogP contribution in [0.1, 0.15) is 63.0 Å². The zero-order valence-corrected chi connectivity index (χ0v) is 21.7. The number of aromatic nitrogens is 2. The van der Waals surface area contributed by atoms with Gasteiger partial charge in [-0.1, -0.05) is 42.7 Å². The summed E-state index contributed by atoms with van der Waals surface area (Å²) in [5.74, 6) is -1.67. The first-order valence-corrected chi connectivity index (χ1v) is 13.2. The van der Waals surface area contributed by atoms with Crippen LogP contribution in [0.3, 0.4) is 0 Å². The summed E-state index contributed by atoms with van der Waals surface area (Å²) >= 11 is 0.790. The zero-order valence-electron chi connectivity index (χ0n) is 20.9. The zero-order chi connectivity index (χ0) is 26.8. The van der Waals surface area contributed by atoms with E-state index in [1.165, 1.54) is 4.90 Å². The number of nitrogens with zero attached hydrogens (tertiary/aromatic N) is 3. The van der Waals surface area contributed by atoms with Gasteiger partial charge in [-0.2, -0.15) is 4.37 Å². The van der Waals surface area contributed by atoms with E-state index in [-0.39, 0.29) is 28.2 Å². The summed E-state index contributed by atoms with van der Waals surface area (Å²) in [4.78, 5) is 45.9. The number of benzene rings is 2. The normalized spacial score (nSPS) is 14.3. The van der Waals surface area contributed by atoms with Crippen LogP contribution in [-0.2, 0) is 4.79 Å². The first-order valence-electron chi connectivity index (χ1n) is 12.4. The van der Waals surface area contributed by atoms with Crippen molar-refractivity contribution in [1.82, 2.24) is 14.7 Å². The lowest BCUT2D eigenvalue weighted by Gasteiger charge is -2.32. The number of rotatable bonds is 7. The van der Waals surface area contributed by atoms with E-state index in [1.54, 1.807) is 18.3 Å². The van der Waals surface area contributed by atoms with Crippen molar-refractivity contribution in [3.8, 4) is 0 Å². The number of fused-ring (bicyclic) bond motifs is 1. The molecule has 0 bridgehead atoms. The molecule has 0 saturated heterocycles. The standard InChI is InChI=1S/C28H28N6O3S/c1-16-8-11-20(12-9-16)34(28(37)25-22(29)23(26(30)35)33-38-25)24(27(36)32-19-6-2-3-7-19)18-10-13-21-17(15-18)5-4-14-31-21/h4-5,8-15,19,24H,2-3,6-7,29H2,1H3,(H2,30,35)(H,32,36). The Morgan fingerprint density at radius 1 is 1.08 bits per heavy atom. The van der Waals surface area contributed by atoms with E-state index in [9.17, 15) is 14.4 Å². The number of nitrogens with two attached hydrogens (primary N) is 2. The molecule has 38 heavy (non-hydrogen) atoms. The van der Waals surface area contributed by atoms with Gasteiger partial charge < -0.3 is 16.8 Å². The van der Waals surface area contributed by atoms with Gasteiger partial charge in [0.05, 0.1) is 11.2 Å². The molecule has 4 aromatic rings. The Labute approximate surface area is 224 Å². The summed E-state index contributed by atoms with van der Waals surface area (Å²) < 4.78 is 4.01. The molecule has 3 amide bonds. The molecule has 1 aliphatic rings. The van der Waals surface area contributed by atoms with Gasteiger partial charge >= 0.3 is 0 Å². The number of aryl methyl sites for hydroxylation is 1. The summed E-state index contributed by atoms with van der Waals surface area (Å²) in [6.07, 6.45) is 5.58. The molecule has 1 fully saturated rings. The maximum absolute atomic E-state index is 14.2. The van der Waals surface area contributed by atoms with E-state index in [4.69, 9.17) is 11.5 Å². The van der Waals surface area contributed by atoms with E-state index < -0.39 is 17.9 Å². The number of nitrogens with one attached hydrogen (secondary N) is 1. The van der Waals surface area contributed by atoms with Crippen molar-refractivity contribution >= 4 is 51.5 Å². The van der Waals surface area contributed by atoms with Gasteiger partial charge in [0, 0.05) is 23.3 Å². The molecule has 0 aliphatic heterocycles. The van der Waals surface area contributed by atoms with Crippen molar-refractivity contribution in [3.05, 3.63) is 82.5 Å². The lowest BCUT2D eigenvalue weighted by atomic mass is 9.99. The number of anilines is 2. The maximum atomic E-state index is 14.2. The van der Waals surface area contributed by atoms with Gasteiger partial charge in [0.15, 0.2) is 5.69 Å². The Hall–Kier alpha value is -4.31. The Morgan fingerprint density at radius 2 is 1.82 bits per heavy atom. The Kier molecular flexibility index (Phi) is 7.06. The summed E-state index contributed by atoms with van der Waals surface area (Å²) in [5.41, 5.74) is 14.2. The largest absolute Gasteiger partial charge is 0.395 e. The molecule has 1 atom stereocenters. The third-order valence-corrected chi connectivity index (χ3v) is 7.69. The number of nitrogen functional groups attached to an aromatic ring is 1. The van der Waals surface area contributed by atoms with Crippen molar-refractivity contribution in [2.45, 2.75) is 44.7 Å². The highest BCUT2D eigenvalue weighted by Crippen LogP contribution is 2.34. The quantitative estimate of drug-likeness (QED) is 0.329. The second kappa shape index (κ2) is 10.6. The monoisotopic (exact) mass is 528 g/mol. The summed E-state index contributed by atoms with van der Waals surface area (Å²) in [5, 5.41) is 4.01. The van der Waals surface area contributed by atoms with E-state index in [0.717, 1.165) is 53.7 Å². The molecule has 5 N–H and O–H groups in total. The second-order valence-corrected chi connectivity index (χ2v) is 10.3. The lowest BCUT2D eigenvalue weighted by molar-refractivity contribution is -0.123. The maximum Gasteiger partial charge on any atom is 0.273 e. The van der Waals surface area contributed by atoms with Crippen LogP contribution < -0.4 is 21.7 Å². The van der Waals surface area contributed by atoms with E-state index in [0.29, 0.717) is 11.3 Å². The number of amides is 3. The first-order chi connectivity index (χ1) is 18.3. The predicted octanol–water partition coefficient (Wildman–Crippen LogP) is 4.13. The van der Waals surface area contributed by atoms with E-state index >= 15 is 0 Å². The van der Waals surface area contributed by atoms with Gasteiger partial charge in [0.25, 0.3) is 11.8 Å². The average Bonchev–Trinajstić information content (AvgIpc) is 3.56. The number of primary amides is 1. The SMILES string of the molecule is Cc1ccc(N(C(=O)c2snc(C(N)=O)c2N)C(C(=O)NC2CCCC2)c2ccc3ncccc3c2)cc1. The van der Waals surface area contributed by atoms with Crippen molar-refractivity contribution in [2.75, 3.05) is 10.6 Å². The average molecular weight is 529 g/mol. The minimum absolute atomic E-state index is 0.0389. The molecule has 0 radical (unpaired) electrons. The van der Waals surface area contributed by atoms with Crippen LogP contribution in [0.5, 0.6) is 0 Å². The van der Waals surface area contributed by atoms with Crippen LogP contribution >= 0.6 is 11.5 Å². The number of hydrogen-bond donors (Lipinski definition) is 3. The molecule has 0 spiro atoms. The number of hydrogen-bond acceptors (Lipinski definition) is 7. The minimum Gasteiger partial charge on any atom is -0.395 e. The first kappa shape index (κ1) is 25.3. The molecule has 194 valence electrons. The second-order valence-electron chi connectivity index (χ2n) is 9.50. The molecule has 2 heterocycles. The smallest absolute Gasteiger partial charge is 0.273 e. The highest BCUT2D eigenvalue weighted by Gasteiger charge is 2.37. The van der Waals surface area contributed by atoms with Gasteiger partial charge in [0.1, 0.15) is 10.9 Å². The van der Waals surface area contributed by atoms with Crippen LogP contribution in [-0.4, -0.2) is 33.1 Å². The van der Waals surface area contributed by atoms with Crippen LogP contribution in [0, 0.1) is 6.92 Å². The van der Waals surface area contributed by atoms with E-state index in [1.807, 2.05) is 49.4 Å². The highest BCUT2D eigenvalue weighted by atomic mass is 32.1. The van der Waals surface area contributed by atoms with Crippen molar-refractivity contribution in [1.29, 1.82) is 0 Å². The van der Waals surface area contributed by atoms with Crippen LogP contribution in [0.2, 0.25) is 0 Å². The molecule has 1 unspecified atom stereocenters. The topological polar surface area (TPSA) is 144 Å². The third kappa shape index (κ3) is 4.95. The molecular formula is C28H28N6O3S. The van der Waals surface area contributed by atoms with Gasteiger partial charge in [-0.15, -0.1) is 0 Å². The summed E-state index contributed by atoms with van der Waals surface area (Å²) in [6.45, 7) is 1.94. The molecule has 9 nitrogen and oxygen atoms in total. The molecule has 2 aromatic carbocycles. The Bertz CT molecular complexity index is 1510. The third-order valence-electron chi connectivity index (χ3n) is 6.84. The van der Waals surface area contributed by atoms with Crippen LogP contribution in [0.4, 0.5) is 11.4 Å². The highest BCUT2D eigenvalue weighted by molar-refractivity contribution is 7.09. The van der Waals surface area contributed by atoms with E-state index in [2.05, 4.69) is 14.7 Å². The lowest BCUT2D eigenvalue weighted by Crippen LogP contribution is -2.46. The van der Waals surface area contributed by atoms with Crippen LogP contribution in [0.25, 0.3) is 10.9 Å². The summed E-state index contributed by atoms with van der Waals surface area (Å²) in [7, 11) is 0. The molecule has 5 rings (SSSR count). The van der Waals surface area contributed by atoms with Crippen molar-refractivity contribution < 1.29 is 14.4 Å². The molecular weight excluding hydrogens is 500 g/mol. The number of carbonyl (C=O) groups is 3. The fraction of sp³-hybridized carbons (Fsp3) is 0.250. The van der Waals surface area contributed by atoms with Crippen LogP contribution in [0.15, 0.2) is 60.8 Å². The molecule has 10 heteroatoms. The molecule has 2 aromatic heterocycles. The Balaban J connectivity index is 1.67. The predicted molar refractivity (Wildman–Crippen MR) is 148 cm³/mol. The fourth-order valence-electron chi connectivity index (χ4n) is 4.86. The molecule has 1 aliphatic carbocycles. The number of carbonyl (C=O) groups excluding carboxylic acids is 3. The number of pyridine rings is 1. The van der Waals surface area contributed by atoms with Gasteiger partial charge in [-0.3, -0.25) is 24.3 Å². The van der Waals surface area contributed by atoms with Gasteiger partial charge in [0.2, 0.25) is 5.91 Å². The van der Waals surface area contributed by atoms with Gasteiger partial charge in [-0.05, 0) is 67.2 Å². The minimum atomic E-state index is -1.02. The van der Waals surface area contributed by atoms with Crippen molar-refractivity contribution in [3.63, 3.8) is 0 Å². The fourth-order valence-corrected chi connectivity index (χ4v) is 5.60. The molecule has 1 saturated carbocycles. The Morgan fingerprint density at radius 3 is 2.50 bits per heavy atom. The van der Waals surface area contributed by atoms with Crippen molar-refractivity contribution in [2.24, 2.45) is 5.73 Å². The summed E-state index contributed by atoms with van der Waals surface area (Å²) in [6, 6.07) is 15.6.